The molecule has 110 valence electrons. The molecule has 0 aliphatic rings. The van der Waals surface area contributed by atoms with Crippen LogP contribution in [0.15, 0.2) is 59.5 Å². The van der Waals surface area contributed by atoms with E-state index in [4.69, 9.17) is 9.92 Å². The number of anilines is 1. The average Bonchev–Trinajstić information content (AvgIpc) is 2.50. The molecule has 0 bridgehead atoms. The lowest BCUT2D eigenvalue weighted by Crippen LogP contribution is -2.21. The van der Waals surface area contributed by atoms with Gasteiger partial charge in [-0.2, -0.15) is 8.42 Å². The number of amides is 1. The van der Waals surface area contributed by atoms with Gasteiger partial charge in [0.2, 0.25) is 5.91 Å². The van der Waals surface area contributed by atoms with Gasteiger partial charge in [-0.15, -0.1) is 0 Å². The number of hydrogen-bond donors (Lipinski definition) is 2. The fourth-order valence-electron chi connectivity index (χ4n) is 1.57. The highest BCUT2D eigenvalue weighted by Crippen LogP contribution is 2.20. The van der Waals surface area contributed by atoms with Crippen LogP contribution in [0.2, 0.25) is 0 Å². The summed E-state index contributed by atoms with van der Waals surface area (Å²) in [4.78, 5) is 11.2. The van der Waals surface area contributed by atoms with Gasteiger partial charge < -0.3 is 15.2 Å². The zero-order valence-electron chi connectivity index (χ0n) is 11.0. The minimum atomic E-state index is -3.86. The molecule has 0 fully saturated rings. The third-order valence-corrected chi connectivity index (χ3v) is 3.82. The van der Waals surface area contributed by atoms with Crippen molar-refractivity contribution in [3.63, 3.8) is 0 Å². The van der Waals surface area contributed by atoms with Crippen molar-refractivity contribution < 1.29 is 17.4 Å². The van der Waals surface area contributed by atoms with Gasteiger partial charge in [0.25, 0.3) is 0 Å². The predicted octanol–water partition coefficient (Wildman–Crippen LogP) is 1.35. The van der Waals surface area contributed by atoms with Gasteiger partial charge in [0.15, 0.2) is 0 Å². The first-order valence-corrected chi connectivity index (χ1v) is 7.51. The summed E-state index contributed by atoms with van der Waals surface area (Å²) in [6.07, 6.45) is 0. The summed E-state index contributed by atoms with van der Waals surface area (Å²) in [6.45, 7) is -0.124. The third-order valence-electron chi connectivity index (χ3n) is 2.56. The zero-order valence-corrected chi connectivity index (χ0v) is 11.8. The van der Waals surface area contributed by atoms with Crippen molar-refractivity contribution in [1.82, 2.24) is 0 Å². The van der Waals surface area contributed by atoms with E-state index < -0.39 is 10.1 Å². The Morgan fingerprint density at radius 1 is 1.05 bits per heavy atom. The molecule has 0 aliphatic carbocycles. The first-order chi connectivity index (χ1) is 10.0. The van der Waals surface area contributed by atoms with Crippen LogP contribution >= 0.6 is 0 Å². The molecule has 0 atom stereocenters. The summed E-state index contributed by atoms with van der Waals surface area (Å²) in [6, 6.07) is 13.8. The molecule has 2 aromatic rings. The topological polar surface area (TPSA) is 98.5 Å². The Bertz CT molecular complexity index is 712. The van der Waals surface area contributed by atoms with Crippen molar-refractivity contribution in [2.75, 3.05) is 11.9 Å². The maximum Gasteiger partial charge on any atom is 0.339 e. The standard InChI is InChI=1S/C14H14N2O4S/c15-10-14(17)16-11-6-8-12(9-7-11)20-21(18,19)13-4-2-1-3-5-13/h1-9H,10,15H2,(H,16,17). The van der Waals surface area contributed by atoms with Crippen molar-refractivity contribution in [1.29, 1.82) is 0 Å². The van der Waals surface area contributed by atoms with Gasteiger partial charge in [-0.05, 0) is 36.4 Å². The second-order valence-electron chi connectivity index (χ2n) is 4.13. The van der Waals surface area contributed by atoms with Crippen molar-refractivity contribution in [2.24, 2.45) is 5.73 Å². The monoisotopic (exact) mass is 306 g/mol. The van der Waals surface area contributed by atoms with Crippen molar-refractivity contribution in [3.05, 3.63) is 54.6 Å². The number of benzene rings is 2. The summed E-state index contributed by atoms with van der Waals surface area (Å²) in [5, 5.41) is 2.54. The SMILES string of the molecule is NCC(=O)Nc1ccc(OS(=O)(=O)c2ccccc2)cc1. The van der Waals surface area contributed by atoms with Crippen LogP contribution in [0.3, 0.4) is 0 Å². The summed E-state index contributed by atoms with van der Waals surface area (Å²) < 4.78 is 29.0. The van der Waals surface area contributed by atoms with Crippen LogP contribution in [-0.2, 0) is 14.9 Å². The first kappa shape index (κ1) is 15.0. The van der Waals surface area contributed by atoms with E-state index >= 15 is 0 Å². The van der Waals surface area contributed by atoms with Crippen LogP contribution in [0.4, 0.5) is 5.69 Å². The summed E-state index contributed by atoms with van der Waals surface area (Å²) in [7, 11) is -3.86. The van der Waals surface area contributed by atoms with Crippen molar-refractivity contribution in [3.8, 4) is 5.75 Å². The van der Waals surface area contributed by atoms with Crippen molar-refractivity contribution >= 4 is 21.7 Å². The number of nitrogens with one attached hydrogen (secondary N) is 1. The molecule has 2 aromatic carbocycles. The Labute approximate surface area is 122 Å². The third kappa shape index (κ3) is 4.04. The normalized spacial score (nSPS) is 10.9. The number of carbonyl (C=O) groups is 1. The van der Waals surface area contributed by atoms with E-state index in [2.05, 4.69) is 5.32 Å². The number of carbonyl (C=O) groups excluding carboxylic acids is 1. The maximum absolute atomic E-state index is 12.0. The number of hydrogen-bond acceptors (Lipinski definition) is 5. The highest BCUT2D eigenvalue weighted by atomic mass is 32.2. The smallest absolute Gasteiger partial charge is 0.339 e. The molecule has 0 saturated heterocycles. The molecule has 0 unspecified atom stereocenters. The molecule has 0 aliphatic heterocycles. The Hall–Kier alpha value is -2.38. The van der Waals surface area contributed by atoms with Crippen LogP contribution in [0, 0.1) is 0 Å². The molecule has 1 amide bonds. The molecule has 0 aromatic heterocycles. The van der Waals surface area contributed by atoms with Crippen LogP contribution in [0.5, 0.6) is 5.75 Å². The Balaban J connectivity index is 2.12. The van der Waals surface area contributed by atoms with Gasteiger partial charge in [-0.1, -0.05) is 18.2 Å². The molecule has 6 nitrogen and oxygen atoms in total. The average molecular weight is 306 g/mol. The van der Waals surface area contributed by atoms with Gasteiger partial charge >= 0.3 is 10.1 Å². The van der Waals surface area contributed by atoms with Gasteiger partial charge in [-0.25, -0.2) is 0 Å². The predicted molar refractivity (Wildman–Crippen MR) is 78.4 cm³/mol. The number of rotatable bonds is 5. The van der Waals surface area contributed by atoms with Crippen LogP contribution < -0.4 is 15.2 Å². The molecule has 7 heteroatoms. The maximum atomic E-state index is 12.0. The molecular weight excluding hydrogens is 292 g/mol. The lowest BCUT2D eigenvalue weighted by molar-refractivity contribution is -0.114. The van der Waals surface area contributed by atoms with E-state index in [-0.39, 0.29) is 23.1 Å². The van der Waals surface area contributed by atoms with Crippen molar-refractivity contribution in [2.45, 2.75) is 4.90 Å². The fourth-order valence-corrected chi connectivity index (χ4v) is 2.52. The molecule has 0 radical (unpaired) electrons. The Morgan fingerprint density at radius 3 is 2.24 bits per heavy atom. The van der Waals surface area contributed by atoms with Gasteiger partial charge in [0, 0.05) is 5.69 Å². The second-order valence-corrected chi connectivity index (χ2v) is 5.67. The summed E-state index contributed by atoms with van der Waals surface area (Å²) in [5.74, 6) is -0.176. The quantitative estimate of drug-likeness (QED) is 0.812. The molecule has 21 heavy (non-hydrogen) atoms. The molecule has 0 spiro atoms. The Morgan fingerprint density at radius 2 is 1.67 bits per heavy atom. The van der Waals surface area contributed by atoms with E-state index in [1.165, 1.54) is 36.4 Å². The molecular formula is C14H14N2O4S. The minimum absolute atomic E-state index is 0.0745. The molecule has 0 heterocycles. The van der Waals surface area contributed by atoms with Crippen LogP contribution in [-0.4, -0.2) is 20.9 Å². The second kappa shape index (κ2) is 6.38. The largest absolute Gasteiger partial charge is 0.379 e. The van der Waals surface area contributed by atoms with Gasteiger partial charge in [0.05, 0.1) is 6.54 Å². The summed E-state index contributed by atoms with van der Waals surface area (Å²) in [5.41, 5.74) is 5.69. The highest BCUT2D eigenvalue weighted by Gasteiger charge is 2.15. The van der Waals surface area contributed by atoms with E-state index in [0.717, 1.165) is 0 Å². The summed E-state index contributed by atoms with van der Waals surface area (Å²) >= 11 is 0. The van der Waals surface area contributed by atoms with Crippen LogP contribution in [0.25, 0.3) is 0 Å². The molecule has 2 rings (SSSR count). The first-order valence-electron chi connectivity index (χ1n) is 6.11. The Kier molecular flexibility index (Phi) is 4.56. The molecule has 0 saturated carbocycles. The minimum Gasteiger partial charge on any atom is -0.379 e. The molecule has 3 N–H and O–H groups in total. The van der Waals surface area contributed by atoms with E-state index in [0.29, 0.717) is 5.69 Å². The lowest BCUT2D eigenvalue weighted by Gasteiger charge is -2.08. The fraction of sp³-hybridized carbons (Fsp3) is 0.0714. The number of nitrogens with two attached hydrogens (primary N) is 1. The lowest BCUT2D eigenvalue weighted by atomic mass is 10.3. The van der Waals surface area contributed by atoms with Gasteiger partial charge in [-0.3, -0.25) is 4.79 Å². The van der Waals surface area contributed by atoms with Crippen LogP contribution in [0.1, 0.15) is 0 Å². The van der Waals surface area contributed by atoms with Gasteiger partial charge in [0.1, 0.15) is 10.6 Å². The zero-order chi connectivity index (χ0) is 15.3. The van der Waals surface area contributed by atoms with E-state index in [9.17, 15) is 13.2 Å². The van der Waals surface area contributed by atoms with E-state index in [1.54, 1.807) is 18.2 Å². The van der Waals surface area contributed by atoms with E-state index in [1.807, 2.05) is 0 Å². The highest BCUT2D eigenvalue weighted by molar-refractivity contribution is 7.87.